The summed E-state index contributed by atoms with van der Waals surface area (Å²) in [5.74, 6) is -0.456. The standard InChI is InChI=1S/C14H23N3O3S/c1-10(2)7-11(8-13(18)19)9-17-14(20)16-4-3-12-15-5-6-21-12/h5-6,10-11H,3-4,7-9H2,1-2H3,(H,18,19)(H2,16,17,20). The van der Waals surface area contributed by atoms with Gasteiger partial charge in [-0.25, -0.2) is 9.78 Å². The highest BCUT2D eigenvalue weighted by molar-refractivity contribution is 7.09. The molecule has 0 saturated heterocycles. The molecule has 0 aliphatic carbocycles. The number of nitrogens with zero attached hydrogens (tertiary/aromatic N) is 1. The van der Waals surface area contributed by atoms with Crippen LogP contribution in [-0.2, 0) is 11.2 Å². The number of nitrogens with one attached hydrogen (secondary N) is 2. The van der Waals surface area contributed by atoms with E-state index < -0.39 is 5.97 Å². The van der Waals surface area contributed by atoms with Crippen LogP contribution in [0.4, 0.5) is 4.79 Å². The van der Waals surface area contributed by atoms with Crippen molar-refractivity contribution in [2.24, 2.45) is 11.8 Å². The molecular weight excluding hydrogens is 290 g/mol. The molecule has 0 radical (unpaired) electrons. The maximum absolute atomic E-state index is 11.7. The van der Waals surface area contributed by atoms with Crippen LogP contribution in [0.3, 0.4) is 0 Å². The molecule has 0 spiro atoms. The lowest BCUT2D eigenvalue weighted by atomic mass is 9.94. The normalized spacial score (nSPS) is 12.1. The van der Waals surface area contributed by atoms with Crippen molar-refractivity contribution in [3.63, 3.8) is 0 Å². The van der Waals surface area contributed by atoms with Crippen LogP contribution in [0.15, 0.2) is 11.6 Å². The topological polar surface area (TPSA) is 91.3 Å². The number of urea groups is 1. The van der Waals surface area contributed by atoms with Crippen LogP contribution in [0.5, 0.6) is 0 Å². The number of rotatable bonds is 9. The molecule has 1 atom stereocenters. The Morgan fingerprint density at radius 2 is 2.14 bits per heavy atom. The molecule has 6 nitrogen and oxygen atoms in total. The van der Waals surface area contributed by atoms with Gasteiger partial charge in [-0.05, 0) is 18.3 Å². The minimum Gasteiger partial charge on any atom is -0.481 e. The number of carboxylic acids is 1. The van der Waals surface area contributed by atoms with Crippen molar-refractivity contribution >= 4 is 23.3 Å². The molecule has 0 saturated carbocycles. The number of carboxylic acid groups (broad SMARTS) is 1. The first-order valence-corrected chi connectivity index (χ1v) is 7.97. The Hall–Kier alpha value is -1.63. The molecule has 1 aromatic heterocycles. The number of aliphatic carboxylic acids is 1. The van der Waals surface area contributed by atoms with Crippen LogP contribution >= 0.6 is 11.3 Å². The van der Waals surface area contributed by atoms with Crippen LogP contribution in [0, 0.1) is 11.8 Å². The average Bonchev–Trinajstić information content (AvgIpc) is 2.88. The number of carbonyl (C=O) groups is 2. The highest BCUT2D eigenvalue weighted by atomic mass is 32.1. The number of hydrogen-bond acceptors (Lipinski definition) is 4. The van der Waals surface area contributed by atoms with Crippen molar-refractivity contribution in [1.82, 2.24) is 15.6 Å². The quantitative estimate of drug-likeness (QED) is 0.651. The summed E-state index contributed by atoms with van der Waals surface area (Å²) in [6, 6.07) is -0.259. The smallest absolute Gasteiger partial charge is 0.314 e. The Morgan fingerprint density at radius 3 is 2.71 bits per heavy atom. The van der Waals surface area contributed by atoms with Gasteiger partial charge in [0.15, 0.2) is 0 Å². The Balaban J connectivity index is 2.23. The predicted molar refractivity (Wildman–Crippen MR) is 82.4 cm³/mol. The van der Waals surface area contributed by atoms with Crippen molar-refractivity contribution in [3.05, 3.63) is 16.6 Å². The van der Waals surface area contributed by atoms with Gasteiger partial charge in [-0.1, -0.05) is 13.8 Å². The van der Waals surface area contributed by atoms with E-state index in [9.17, 15) is 9.59 Å². The number of hydrogen-bond donors (Lipinski definition) is 3. The van der Waals surface area contributed by atoms with Crippen molar-refractivity contribution < 1.29 is 14.7 Å². The molecule has 7 heteroatoms. The molecule has 118 valence electrons. The van der Waals surface area contributed by atoms with Crippen molar-refractivity contribution in [1.29, 1.82) is 0 Å². The predicted octanol–water partition coefficient (Wildman–Crippen LogP) is 2.12. The maximum atomic E-state index is 11.7. The minimum atomic E-state index is -0.827. The van der Waals surface area contributed by atoms with E-state index in [0.29, 0.717) is 25.4 Å². The third-order valence-corrected chi connectivity index (χ3v) is 3.77. The van der Waals surface area contributed by atoms with Gasteiger partial charge >= 0.3 is 12.0 Å². The molecule has 1 rings (SSSR count). The fraction of sp³-hybridized carbons (Fsp3) is 0.643. The number of amides is 2. The van der Waals surface area contributed by atoms with Gasteiger partial charge in [-0.15, -0.1) is 11.3 Å². The lowest BCUT2D eigenvalue weighted by molar-refractivity contribution is -0.138. The van der Waals surface area contributed by atoms with Crippen molar-refractivity contribution in [3.8, 4) is 0 Å². The minimum absolute atomic E-state index is 0.0350. The van der Waals surface area contributed by atoms with Crippen LogP contribution < -0.4 is 10.6 Å². The zero-order chi connectivity index (χ0) is 15.7. The molecule has 0 fully saturated rings. The molecule has 0 aliphatic rings. The van der Waals surface area contributed by atoms with E-state index in [1.165, 1.54) is 0 Å². The Morgan fingerprint density at radius 1 is 1.38 bits per heavy atom. The number of carbonyl (C=O) groups excluding carboxylic acids is 1. The molecule has 21 heavy (non-hydrogen) atoms. The fourth-order valence-electron chi connectivity index (χ4n) is 2.11. The van der Waals surface area contributed by atoms with E-state index in [2.05, 4.69) is 15.6 Å². The van der Waals surface area contributed by atoms with Gasteiger partial charge in [0.05, 0.1) is 5.01 Å². The zero-order valence-electron chi connectivity index (χ0n) is 12.5. The van der Waals surface area contributed by atoms with Crippen LogP contribution in [0.1, 0.15) is 31.7 Å². The summed E-state index contributed by atoms with van der Waals surface area (Å²) in [7, 11) is 0. The van der Waals surface area contributed by atoms with Gasteiger partial charge in [0.2, 0.25) is 0 Å². The third kappa shape index (κ3) is 8.29. The van der Waals surface area contributed by atoms with E-state index in [1.54, 1.807) is 17.5 Å². The monoisotopic (exact) mass is 313 g/mol. The maximum Gasteiger partial charge on any atom is 0.314 e. The molecular formula is C14H23N3O3S. The lowest BCUT2D eigenvalue weighted by Gasteiger charge is -2.18. The molecule has 1 unspecified atom stereocenters. The fourth-order valence-corrected chi connectivity index (χ4v) is 2.73. The summed E-state index contributed by atoms with van der Waals surface area (Å²) in [6.45, 7) is 4.99. The largest absolute Gasteiger partial charge is 0.481 e. The first kappa shape index (κ1) is 17.4. The number of aromatic nitrogens is 1. The van der Waals surface area contributed by atoms with Crippen LogP contribution in [0.2, 0.25) is 0 Å². The third-order valence-electron chi connectivity index (χ3n) is 2.93. The first-order chi connectivity index (χ1) is 9.97. The van der Waals surface area contributed by atoms with E-state index in [0.717, 1.165) is 11.4 Å². The van der Waals surface area contributed by atoms with Gasteiger partial charge in [0, 0.05) is 37.5 Å². The highest BCUT2D eigenvalue weighted by Gasteiger charge is 2.15. The molecule has 3 N–H and O–H groups in total. The SMILES string of the molecule is CC(C)CC(CNC(=O)NCCc1nccs1)CC(=O)O. The van der Waals surface area contributed by atoms with Gasteiger partial charge in [0.25, 0.3) is 0 Å². The summed E-state index contributed by atoms with van der Waals surface area (Å²) in [5.41, 5.74) is 0. The summed E-state index contributed by atoms with van der Waals surface area (Å²) >= 11 is 1.56. The van der Waals surface area contributed by atoms with Crippen molar-refractivity contribution in [2.75, 3.05) is 13.1 Å². The summed E-state index contributed by atoms with van der Waals surface area (Å²) < 4.78 is 0. The Bertz CT molecular complexity index is 435. The van der Waals surface area contributed by atoms with E-state index in [-0.39, 0.29) is 18.4 Å². The van der Waals surface area contributed by atoms with E-state index in [1.807, 2.05) is 19.2 Å². The first-order valence-electron chi connectivity index (χ1n) is 7.09. The van der Waals surface area contributed by atoms with E-state index >= 15 is 0 Å². The van der Waals surface area contributed by atoms with Gasteiger partial charge in [-0.2, -0.15) is 0 Å². The van der Waals surface area contributed by atoms with Crippen LogP contribution in [-0.4, -0.2) is 35.2 Å². The number of thiazole rings is 1. The Labute approximate surface area is 129 Å². The van der Waals surface area contributed by atoms with Gasteiger partial charge < -0.3 is 15.7 Å². The summed E-state index contributed by atoms with van der Waals surface area (Å²) in [5, 5.41) is 17.3. The Kier molecular flexibility index (Phi) is 7.74. The summed E-state index contributed by atoms with van der Waals surface area (Å²) in [4.78, 5) is 26.6. The van der Waals surface area contributed by atoms with E-state index in [4.69, 9.17) is 5.11 Å². The zero-order valence-corrected chi connectivity index (χ0v) is 13.3. The second-order valence-corrected chi connectivity index (χ2v) is 6.39. The second kappa shape index (κ2) is 9.33. The average molecular weight is 313 g/mol. The molecule has 2 amide bonds. The second-order valence-electron chi connectivity index (χ2n) is 5.41. The molecule has 0 aliphatic heterocycles. The van der Waals surface area contributed by atoms with Gasteiger partial charge in [-0.3, -0.25) is 4.79 Å². The lowest BCUT2D eigenvalue weighted by Crippen LogP contribution is -2.39. The molecule has 1 heterocycles. The molecule has 0 bridgehead atoms. The van der Waals surface area contributed by atoms with Crippen LogP contribution in [0.25, 0.3) is 0 Å². The van der Waals surface area contributed by atoms with Crippen molar-refractivity contribution in [2.45, 2.75) is 33.1 Å². The van der Waals surface area contributed by atoms with Gasteiger partial charge in [0.1, 0.15) is 0 Å². The highest BCUT2D eigenvalue weighted by Crippen LogP contribution is 2.14. The summed E-state index contributed by atoms with van der Waals surface area (Å²) in [6.07, 6.45) is 3.31. The molecule has 1 aromatic rings. The molecule has 0 aromatic carbocycles.